The number of esters is 1. The maximum absolute atomic E-state index is 14.8. The average Bonchev–Trinajstić information content (AvgIpc) is 3.47. The van der Waals surface area contributed by atoms with Crippen molar-refractivity contribution in [2.75, 3.05) is 31.2 Å². The minimum absolute atomic E-state index is 0.0550. The number of allylic oxidation sites excluding steroid dienone is 1. The molecule has 1 N–H and O–H groups in total. The van der Waals surface area contributed by atoms with Gasteiger partial charge in [0, 0.05) is 25.4 Å². The number of amides is 2. The Morgan fingerprint density at radius 1 is 1.17 bits per heavy atom. The highest BCUT2D eigenvalue weighted by Gasteiger charge is 2.80. The molecular weight excluding hydrogens is 532 g/mol. The van der Waals surface area contributed by atoms with E-state index in [1.165, 1.54) is 0 Å². The van der Waals surface area contributed by atoms with Crippen molar-refractivity contribution >= 4 is 23.5 Å². The summed E-state index contributed by atoms with van der Waals surface area (Å²) in [5, 5.41) is 9.21. The van der Waals surface area contributed by atoms with Crippen molar-refractivity contribution in [2.24, 2.45) is 17.8 Å². The fraction of sp³-hybridized carbons (Fsp3) is 0.618. The number of hydrogen-bond acceptors (Lipinski definition) is 6. The van der Waals surface area contributed by atoms with Crippen LogP contribution in [0.2, 0.25) is 0 Å². The van der Waals surface area contributed by atoms with Gasteiger partial charge in [-0.15, -0.1) is 13.2 Å². The molecule has 6 atom stereocenters. The quantitative estimate of drug-likeness (QED) is 0.180. The lowest BCUT2D eigenvalue weighted by Gasteiger charge is -2.37. The van der Waals surface area contributed by atoms with Crippen LogP contribution in [-0.4, -0.2) is 71.3 Å². The van der Waals surface area contributed by atoms with Gasteiger partial charge < -0.3 is 24.4 Å². The van der Waals surface area contributed by atoms with Gasteiger partial charge in [0.05, 0.1) is 18.1 Å². The summed E-state index contributed by atoms with van der Waals surface area (Å²) in [4.78, 5) is 46.2. The van der Waals surface area contributed by atoms with E-state index in [9.17, 15) is 19.5 Å². The number of aliphatic hydroxyl groups is 1. The molecule has 8 heteroatoms. The van der Waals surface area contributed by atoms with Gasteiger partial charge in [-0.2, -0.15) is 0 Å². The number of aryl methyl sites for hydroxylation is 2. The standard InChI is InChI=1S/C34H48N2O6/c1-7-9-14-20-41-32(40)28-27-30(38)36(18-12-10-11-13-19-37)29(34(27)22-25(5)33(28,6)42-34)31(39)35(17-8-2)26-21-23(3)15-16-24(26)4/h7-8,15-16,21,25,27-29,37H,1-2,9-14,17-20,22H2,3-6H3/t25?,27-,28+,29?,33-,34?/m0/s1. The topological polar surface area (TPSA) is 96.4 Å². The Kier molecular flexibility index (Phi) is 9.99. The van der Waals surface area contributed by atoms with E-state index in [4.69, 9.17) is 9.47 Å². The Hall–Kier alpha value is -2.97. The predicted molar refractivity (Wildman–Crippen MR) is 163 cm³/mol. The Bertz CT molecular complexity index is 1200. The van der Waals surface area contributed by atoms with Crippen LogP contribution in [0.1, 0.15) is 69.9 Å². The van der Waals surface area contributed by atoms with Crippen molar-refractivity contribution in [1.82, 2.24) is 4.90 Å². The van der Waals surface area contributed by atoms with Gasteiger partial charge >= 0.3 is 5.97 Å². The van der Waals surface area contributed by atoms with E-state index in [-0.39, 0.29) is 37.5 Å². The summed E-state index contributed by atoms with van der Waals surface area (Å²) in [5.74, 6) is -2.49. The van der Waals surface area contributed by atoms with E-state index in [0.29, 0.717) is 32.2 Å². The number of nitrogens with zero attached hydrogens (tertiary/aromatic N) is 2. The van der Waals surface area contributed by atoms with Crippen molar-refractivity contribution in [3.63, 3.8) is 0 Å². The predicted octanol–water partition coefficient (Wildman–Crippen LogP) is 4.90. The Morgan fingerprint density at radius 2 is 1.90 bits per heavy atom. The minimum Gasteiger partial charge on any atom is -0.465 e. The van der Waals surface area contributed by atoms with Crippen LogP contribution >= 0.6 is 0 Å². The lowest BCUT2D eigenvalue weighted by molar-refractivity contribution is -0.161. The molecule has 1 aromatic carbocycles. The smallest absolute Gasteiger partial charge is 0.312 e. The van der Waals surface area contributed by atoms with Crippen LogP contribution in [0.25, 0.3) is 0 Å². The molecular formula is C34H48N2O6. The van der Waals surface area contributed by atoms with E-state index in [0.717, 1.165) is 36.1 Å². The highest BCUT2D eigenvalue weighted by molar-refractivity contribution is 6.05. The number of fused-ring (bicyclic) bond motifs is 1. The van der Waals surface area contributed by atoms with Crippen LogP contribution in [0.15, 0.2) is 43.5 Å². The third-order valence-corrected chi connectivity index (χ3v) is 9.64. The molecule has 4 rings (SSSR count). The third-order valence-electron chi connectivity index (χ3n) is 9.64. The molecule has 2 bridgehead atoms. The van der Waals surface area contributed by atoms with Crippen molar-refractivity contribution in [3.8, 4) is 0 Å². The van der Waals surface area contributed by atoms with E-state index < -0.39 is 35.0 Å². The molecule has 42 heavy (non-hydrogen) atoms. The van der Waals surface area contributed by atoms with Crippen molar-refractivity contribution in [3.05, 3.63) is 54.6 Å². The molecule has 3 fully saturated rings. The van der Waals surface area contributed by atoms with Crippen molar-refractivity contribution in [2.45, 2.75) is 89.9 Å². The zero-order valence-electron chi connectivity index (χ0n) is 25.8. The number of benzene rings is 1. The van der Waals surface area contributed by atoms with Crippen LogP contribution in [0, 0.1) is 31.6 Å². The molecule has 1 aromatic rings. The summed E-state index contributed by atoms with van der Waals surface area (Å²) >= 11 is 0. The molecule has 3 aliphatic heterocycles. The molecule has 0 radical (unpaired) electrons. The van der Waals surface area contributed by atoms with Gasteiger partial charge in [0.25, 0.3) is 5.91 Å². The molecule has 3 unspecified atom stereocenters. The highest BCUT2D eigenvalue weighted by atomic mass is 16.6. The van der Waals surface area contributed by atoms with Gasteiger partial charge in [0.1, 0.15) is 17.6 Å². The molecule has 3 saturated heterocycles. The number of carbonyl (C=O) groups excluding carboxylic acids is 3. The first-order chi connectivity index (χ1) is 20.1. The summed E-state index contributed by atoms with van der Waals surface area (Å²) in [6, 6.07) is 5.11. The number of unbranched alkanes of at least 4 members (excludes halogenated alkanes) is 4. The second kappa shape index (κ2) is 13.1. The van der Waals surface area contributed by atoms with Gasteiger partial charge in [0.2, 0.25) is 5.91 Å². The maximum atomic E-state index is 14.8. The second-order valence-corrected chi connectivity index (χ2v) is 12.5. The minimum atomic E-state index is -1.13. The van der Waals surface area contributed by atoms with Gasteiger partial charge in [-0.05, 0) is 76.0 Å². The van der Waals surface area contributed by atoms with Crippen LogP contribution in [0.4, 0.5) is 5.69 Å². The van der Waals surface area contributed by atoms with E-state index >= 15 is 0 Å². The Labute approximate surface area is 250 Å². The highest BCUT2D eigenvalue weighted by Crippen LogP contribution is 2.65. The maximum Gasteiger partial charge on any atom is 0.312 e. The summed E-state index contributed by atoms with van der Waals surface area (Å²) < 4.78 is 12.6. The van der Waals surface area contributed by atoms with E-state index in [2.05, 4.69) is 13.2 Å². The molecule has 2 amide bonds. The van der Waals surface area contributed by atoms with Gasteiger partial charge in [-0.1, -0.05) is 44.1 Å². The first-order valence-electron chi connectivity index (χ1n) is 15.5. The zero-order chi connectivity index (χ0) is 30.7. The number of likely N-dealkylation sites (tertiary alicyclic amines) is 1. The number of carbonyl (C=O) groups is 3. The molecule has 8 nitrogen and oxygen atoms in total. The number of rotatable bonds is 15. The summed E-state index contributed by atoms with van der Waals surface area (Å²) in [5.41, 5.74) is 0.706. The first-order valence-corrected chi connectivity index (χ1v) is 15.5. The molecule has 1 spiro atoms. The van der Waals surface area contributed by atoms with Gasteiger partial charge in [-0.3, -0.25) is 14.4 Å². The van der Waals surface area contributed by atoms with Crippen molar-refractivity contribution < 1.29 is 29.0 Å². The number of anilines is 1. The molecule has 0 aromatic heterocycles. The normalized spacial score (nSPS) is 29.5. The van der Waals surface area contributed by atoms with Gasteiger partial charge in [0.15, 0.2) is 0 Å². The molecule has 0 aliphatic carbocycles. The molecule has 230 valence electrons. The number of hydrogen-bond donors (Lipinski definition) is 1. The summed E-state index contributed by atoms with van der Waals surface area (Å²) in [6.45, 7) is 16.6. The molecule has 3 heterocycles. The number of ether oxygens (including phenoxy) is 2. The summed E-state index contributed by atoms with van der Waals surface area (Å²) in [7, 11) is 0. The fourth-order valence-electron chi connectivity index (χ4n) is 7.45. The second-order valence-electron chi connectivity index (χ2n) is 12.5. The Balaban J connectivity index is 1.75. The third kappa shape index (κ3) is 5.55. The first kappa shape index (κ1) is 32.0. The lowest BCUT2D eigenvalue weighted by atomic mass is 9.62. The van der Waals surface area contributed by atoms with Crippen molar-refractivity contribution in [1.29, 1.82) is 0 Å². The van der Waals surface area contributed by atoms with Crippen LogP contribution in [0.5, 0.6) is 0 Å². The molecule has 0 saturated carbocycles. The SMILES string of the molecule is C=CCCCOC(=O)[C@H]1[C@H]2C(=O)N(CCCCCCO)C(C(=O)N(CC=C)c3cc(C)ccc3C)C23CC(C)[C@]1(C)O3. The fourth-order valence-corrected chi connectivity index (χ4v) is 7.45. The monoisotopic (exact) mass is 580 g/mol. The van der Waals surface area contributed by atoms with E-state index in [1.807, 2.05) is 45.9 Å². The summed E-state index contributed by atoms with van der Waals surface area (Å²) in [6.07, 6.45) is 8.42. The van der Waals surface area contributed by atoms with Gasteiger partial charge in [-0.25, -0.2) is 0 Å². The largest absolute Gasteiger partial charge is 0.465 e. The Morgan fingerprint density at radius 3 is 2.60 bits per heavy atom. The number of aliphatic hydroxyl groups excluding tert-OH is 1. The lowest BCUT2D eigenvalue weighted by Crippen LogP contribution is -2.57. The van der Waals surface area contributed by atoms with Crippen LogP contribution in [0.3, 0.4) is 0 Å². The van der Waals surface area contributed by atoms with E-state index in [1.54, 1.807) is 22.0 Å². The average molecular weight is 581 g/mol. The van der Waals surface area contributed by atoms with Crippen LogP contribution < -0.4 is 4.90 Å². The van der Waals surface area contributed by atoms with Crippen LogP contribution in [-0.2, 0) is 23.9 Å². The zero-order valence-corrected chi connectivity index (χ0v) is 25.8. The molecule has 3 aliphatic rings.